The van der Waals surface area contributed by atoms with Crippen LogP contribution < -0.4 is 4.74 Å². The average molecular weight is 372 g/mol. The van der Waals surface area contributed by atoms with Gasteiger partial charge in [0, 0.05) is 18.5 Å². The second-order valence-corrected chi connectivity index (χ2v) is 6.06. The molecule has 9 nitrogen and oxygen atoms in total. The van der Waals surface area contributed by atoms with Crippen LogP contribution in [0.1, 0.15) is 16.1 Å². The Morgan fingerprint density at radius 1 is 1.18 bits per heavy atom. The van der Waals surface area contributed by atoms with Gasteiger partial charge in [0.1, 0.15) is 11.5 Å². The van der Waals surface area contributed by atoms with Crippen molar-refractivity contribution >= 4 is 22.5 Å². The number of hydrogen-bond acceptors (Lipinski definition) is 8. The van der Waals surface area contributed by atoms with Gasteiger partial charge in [0.15, 0.2) is 11.3 Å². The van der Waals surface area contributed by atoms with Crippen molar-refractivity contribution in [1.82, 2.24) is 30.0 Å². The average Bonchev–Trinajstić information content (AvgIpc) is 3.35. The van der Waals surface area contributed by atoms with Crippen molar-refractivity contribution in [3.8, 4) is 17.3 Å². The van der Waals surface area contributed by atoms with Crippen molar-refractivity contribution in [2.24, 2.45) is 0 Å². The molecule has 28 heavy (non-hydrogen) atoms. The number of benzene rings is 1. The van der Waals surface area contributed by atoms with Crippen LogP contribution in [0.5, 0.6) is 5.88 Å². The number of carbonyl (C=O) groups is 1. The zero-order chi connectivity index (χ0) is 19.1. The first-order valence-electron chi connectivity index (χ1n) is 8.41. The highest BCUT2D eigenvalue weighted by molar-refractivity contribution is 5.94. The summed E-state index contributed by atoms with van der Waals surface area (Å²) in [6.07, 6.45) is 3.02. The molecule has 0 fully saturated rings. The smallest absolute Gasteiger partial charge is 0.346 e. The molecule has 0 amide bonds. The number of para-hydroxylation sites is 1. The zero-order valence-electron chi connectivity index (χ0n) is 14.6. The number of aryl methyl sites for hydroxylation is 1. The van der Waals surface area contributed by atoms with E-state index in [4.69, 9.17) is 9.26 Å². The molecule has 4 aromatic heterocycles. The third-order valence-corrected chi connectivity index (χ3v) is 4.17. The summed E-state index contributed by atoms with van der Waals surface area (Å²) >= 11 is 0. The Labute approximate surface area is 157 Å². The molecule has 5 aromatic rings. The molecule has 9 heteroatoms. The van der Waals surface area contributed by atoms with Crippen molar-refractivity contribution < 1.29 is 14.1 Å². The summed E-state index contributed by atoms with van der Waals surface area (Å²) in [5.74, 6) is 0.238. The normalized spacial score (nSPS) is 11.2. The highest BCUT2D eigenvalue weighted by Crippen LogP contribution is 2.29. The second kappa shape index (κ2) is 6.23. The van der Waals surface area contributed by atoms with Crippen LogP contribution in [-0.4, -0.2) is 35.9 Å². The van der Waals surface area contributed by atoms with Crippen LogP contribution in [0.3, 0.4) is 0 Å². The van der Waals surface area contributed by atoms with Crippen LogP contribution in [0.4, 0.5) is 0 Å². The minimum Gasteiger partial charge on any atom is -0.403 e. The van der Waals surface area contributed by atoms with Crippen molar-refractivity contribution in [1.29, 1.82) is 0 Å². The monoisotopic (exact) mass is 372 g/mol. The molecule has 0 aliphatic heterocycles. The van der Waals surface area contributed by atoms with Gasteiger partial charge in [0.05, 0.1) is 16.5 Å². The largest absolute Gasteiger partial charge is 0.403 e. The lowest BCUT2D eigenvalue weighted by Gasteiger charge is -2.08. The summed E-state index contributed by atoms with van der Waals surface area (Å²) < 4.78 is 12.3. The van der Waals surface area contributed by atoms with Gasteiger partial charge < -0.3 is 9.26 Å². The summed E-state index contributed by atoms with van der Waals surface area (Å²) in [5.41, 5.74) is 2.36. The van der Waals surface area contributed by atoms with E-state index >= 15 is 0 Å². The Kier molecular flexibility index (Phi) is 3.58. The number of fused-ring (bicyclic) bond motifs is 3. The van der Waals surface area contributed by atoms with Crippen LogP contribution in [0.2, 0.25) is 0 Å². The Hall–Kier alpha value is -4.14. The van der Waals surface area contributed by atoms with Crippen LogP contribution in [0.25, 0.3) is 27.9 Å². The highest BCUT2D eigenvalue weighted by atomic mass is 16.5. The minimum absolute atomic E-state index is 0.153. The van der Waals surface area contributed by atoms with Crippen molar-refractivity contribution in [3.63, 3.8) is 0 Å². The number of hydrogen-bond donors (Lipinski definition) is 0. The summed E-state index contributed by atoms with van der Waals surface area (Å²) in [7, 11) is 0. The van der Waals surface area contributed by atoms with E-state index in [1.807, 2.05) is 18.2 Å². The maximum absolute atomic E-state index is 12.5. The Bertz CT molecular complexity index is 1330. The maximum Gasteiger partial charge on any atom is 0.346 e. The molecule has 5 rings (SSSR count). The fourth-order valence-corrected chi connectivity index (χ4v) is 2.89. The number of aromatic nitrogens is 6. The first-order chi connectivity index (χ1) is 13.7. The molecule has 0 saturated heterocycles. The summed E-state index contributed by atoms with van der Waals surface area (Å²) in [6.45, 7) is 1.78. The second-order valence-electron chi connectivity index (χ2n) is 6.06. The van der Waals surface area contributed by atoms with E-state index in [0.717, 1.165) is 0 Å². The molecular weight excluding hydrogens is 360 g/mol. The third-order valence-electron chi connectivity index (χ3n) is 4.17. The zero-order valence-corrected chi connectivity index (χ0v) is 14.6. The highest BCUT2D eigenvalue weighted by Gasteiger charge is 2.20. The lowest BCUT2D eigenvalue weighted by atomic mass is 10.2. The van der Waals surface area contributed by atoms with Gasteiger partial charge in [-0.15, -0.1) is 5.10 Å². The molecule has 0 radical (unpaired) electrons. The molecule has 0 unspecified atom stereocenters. The number of ether oxygens (including phenoxy) is 1. The molecule has 0 N–H and O–H groups in total. The molecule has 136 valence electrons. The fourth-order valence-electron chi connectivity index (χ4n) is 2.89. The lowest BCUT2D eigenvalue weighted by molar-refractivity contribution is 0.0730. The van der Waals surface area contributed by atoms with Crippen molar-refractivity contribution in [3.05, 3.63) is 66.2 Å². The number of rotatable bonds is 3. The predicted molar refractivity (Wildman–Crippen MR) is 97.7 cm³/mol. The standard InChI is InChI=1S/C19H12N6O3/c1-11-9-14(23-28-11)16-17-21-18(27-19(26)12-5-4-8-20-10-12)13-6-2-3-7-15(13)25(17)24-22-16/h2-10H,1H3. The topological polar surface area (TPSA) is 108 Å². The maximum atomic E-state index is 12.5. The first-order valence-corrected chi connectivity index (χ1v) is 8.41. The Balaban J connectivity index is 1.70. The van der Waals surface area contributed by atoms with Crippen LogP contribution in [0, 0.1) is 6.92 Å². The third kappa shape index (κ3) is 2.57. The van der Waals surface area contributed by atoms with E-state index in [-0.39, 0.29) is 5.88 Å². The minimum atomic E-state index is -0.554. The lowest BCUT2D eigenvalue weighted by Crippen LogP contribution is -2.11. The summed E-state index contributed by atoms with van der Waals surface area (Å²) in [4.78, 5) is 21.0. The quantitative estimate of drug-likeness (QED) is 0.445. The molecule has 4 heterocycles. The van der Waals surface area contributed by atoms with E-state index in [1.165, 1.54) is 6.20 Å². The van der Waals surface area contributed by atoms with Gasteiger partial charge in [-0.2, -0.15) is 9.50 Å². The number of pyridine rings is 1. The predicted octanol–water partition coefficient (Wildman–Crippen LogP) is 2.86. The molecular formula is C19H12N6O3. The Morgan fingerprint density at radius 2 is 2.07 bits per heavy atom. The summed E-state index contributed by atoms with van der Waals surface area (Å²) in [6, 6.07) is 12.4. The van der Waals surface area contributed by atoms with Gasteiger partial charge in [-0.3, -0.25) is 4.98 Å². The van der Waals surface area contributed by atoms with E-state index in [0.29, 0.717) is 39.3 Å². The van der Waals surface area contributed by atoms with E-state index in [2.05, 4.69) is 25.4 Å². The van der Waals surface area contributed by atoms with Crippen LogP contribution >= 0.6 is 0 Å². The molecule has 0 spiro atoms. The fraction of sp³-hybridized carbons (Fsp3) is 0.0526. The van der Waals surface area contributed by atoms with Gasteiger partial charge in [0.2, 0.25) is 5.88 Å². The van der Waals surface area contributed by atoms with E-state index in [9.17, 15) is 4.79 Å². The number of nitrogens with zero attached hydrogens (tertiary/aromatic N) is 6. The van der Waals surface area contributed by atoms with Crippen LogP contribution in [0.15, 0.2) is 59.4 Å². The van der Waals surface area contributed by atoms with Gasteiger partial charge in [0.25, 0.3) is 0 Å². The molecule has 0 aliphatic carbocycles. The molecule has 0 atom stereocenters. The van der Waals surface area contributed by atoms with E-state index < -0.39 is 5.97 Å². The molecule has 0 aliphatic rings. The number of carbonyl (C=O) groups excluding carboxylic acids is 1. The van der Waals surface area contributed by atoms with Gasteiger partial charge in [-0.25, -0.2) is 4.79 Å². The van der Waals surface area contributed by atoms with Crippen molar-refractivity contribution in [2.75, 3.05) is 0 Å². The van der Waals surface area contributed by atoms with Crippen LogP contribution in [-0.2, 0) is 0 Å². The molecule has 0 bridgehead atoms. The summed E-state index contributed by atoms with van der Waals surface area (Å²) in [5, 5.41) is 13.0. The number of esters is 1. The Morgan fingerprint density at radius 3 is 2.86 bits per heavy atom. The first kappa shape index (κ1) is 16.1. The van der Waals surface area contributed by atoms with Gasteiger partial charge >= 0.3 is 5.97 Å². The van der Waals surface area contributed by atoms with Gasteiger partial charge in [-0.1, -0.05) is 22.5 Å². The SMILES string of the molecule is Cc1cc(-c2nnn3c2nc(OC(=O)c2cccnc2)c2ccccc23)no1. The van der Waals surface area contributed by atoms with Crippen molar-refractivity contribution in [2.45, 2.75) is 6.92 Å². The van der Waals surface area contributed by atoms with Gasteiger partial charge in [-0.05, 0) is 31.2 Å². The van der Waals surface area contributed by atoms with E-state index in [1.54, 1.807) is 41.9 Å². The molecule has 1 aromatic carbocycles. The molecule has 0 saturated carbocycles.